The highest BCUT2D eigenvalue weighted by atomic mass is 16.5. The summed E-state index contributed by atoms with van der Waals surface area (Å²) in [4.78, 5) is 7.57. The Balaban J connectivity index is 0.000000199. The average Bonchev–Trinajstić information content (AvgIpc) is 3.16. The van der Waals surface area contributed by atoms with Crippen molar-refractivity contribution >= 4 is 12.2 Å². The molecular formula is C46H67N3O2. The smallest absolute Gasteiger partial charge is 0.119 e. The first-order chi connectivity index (χ1) is 24.9. The van der Waals surface area contributed by atoms with Gasteiger partial charge in [0.2, 0.25) is 0 Å². The van der Waals surface area contributed by atoms with Crippen molar-refractivity contribution in [3.8, 4) is 11.5 Å². The first-order valence-corrected chi connectivity index (χ1v) is 20.2. The summed E-state index contributed by atoms with van der Waals surface area (Å²) in [7, 11) is 4.42. The number of rotatable bonds is 14. The van der Waals surface area contributed by atoms with E-state index in [-0.39, 0.29) is 0 Å². The van der Waals surface area contributed by atoms with E-state index < -0.39 is 0 Å². The molecule has 0 radical (unpaired) electrons. The molecular weight excluding hydrogens is 627 g/mol. The van der Waals surface area contributed by atoms with Crippen LogP contribution in [0.4, 0.5) is 0 Å². The number of hydrogen-bond acceptors (Lipinski definition) is 5. The summed E-state index contributed by atoms with van der Waals surface area (Å²) in [6.45, 7) is 13.8. The molecule has 3 fully saturated rings. The average molecular weight is 694 g/mol. The van der Waals surface area contributed by atoms with Crippen molar-refractivity contribution in [3.05, 3.63) is 95.6 Å². The summed E-state index contributed by atoms with van der Waals surface area (Å²) in [5.41, 5.74) is 3.91. The molecule has 3 aromatic rings. The predicted octanol–water partition coefficient (Wildman–Crippen LogP) is 10.1. The second-order valence-corrected chi connectivity index (χ2v) is 15.9. The normalized spacial score (nSPS) is 23.2. The first-order valence-electron chi connectivity index (χ1n) is 20.2. The zero-order valence-corrected chi connectivity index (χ0v) is 32.4. The van der Waals surface area contributed by atoms with Crippen LogP contribution in [0.1, 0.15) is 101 Å². The molecule has 5 heteroatoms. The fraction of sp³-hybridized carbons (Fsp3) is 0.565. The van der Waals surface area contributed by atoms with E-state index in [1.807, 2.05) is 6.07 Å². The summed E-state index contributed by atoms with van der Waals surface area (Å²) >= 11 is 0. The van der Waals surface area contributed by atoms with Crippen LogP contribution in [0.25, 0.3) is 12.2 Å². The highest BCUT2D eigenvalue weighted by Gasteiger charge is 2.24. The number of benzene rings is 3. The molecule has 278 valence electrons. The van der Waals surface area contributed by atoms with Gasteiger partial charge in [0, 0.05) is 32.2 Å². The van der Waals surface area contributed by atoms with Gasteiger partial charge in [-0.25, -0.2) is 0 Å². The van der Waals surface area contributed by atoms with E-state index in [0.717, 1.165) is 67.9 Å². The van der Waals surface area contributed by atoms with E-state index in [0.29, 0.717) is 0 Å². The van der Waals surface area contributed by atoms with Crippen LogP contribution in [-0.4, -0.2) is 87.3 Å². The van der Waals surface area contributed by atoms with Gasteiger partial charge in [0.15, 0.2) is 0 Å². The van der Waals surface area contributed by atoms with E-state index in [9.17, 15) is 0 Å². The Kier molecular flexibility index (Phi) is 16.4. The molecule has 3 aromatic carbocycles. The topological polar surface area (TPSA) is 28.2 Å². The van der Waals surface area contributed by atoms with Crippen molar-refractivity contribution < 1.29 is 9.47 Å². The van der Waals surface area contributed by atoms with E-state index in [1.54, 1.807) is 0 Å². The maximum absolute atomic E-state index is 6.01. The minimum absolute atomic E-state index is 0.735. The van der Waals surface area contributed by atoms with Gasteiger partial charge in [0.1, 0.15) is 11.5 Å². The molecule has 1 saturated carbocycles. The molecule has 2 aliphatic heterocycles. The maximum Gasteiger partial charge on any atom is 0.119 e. The summed E-state index contributed by atoms with van der Waals surface area (Å²) in [5.74, 6) is 4.41. The highest BCUT2D eigenvalue weighted by Crippen LogP contribution is 2.35. The zero-order valence-electron chi connectivity index (χ0n) is 32.4. The molecule has 0 unspecified atom stereocenters. The van der Waals surface area contributed by atoms with E-state index in [1.165, 1.54) is 101 Å². The van der Waals surface area contributed by atoms with Crippen molar-refractivity contribution in [1.29, 1.82) is 0 Å². The Morgan fingerprint density at radius 2 is 1.16 bits per heavy atom. The van der Waals surface area contributed by atoms with Crippen LogP contribution >= 0.6 is 0 Å². The highest BCUT2D eigenvalue weighted by molar-refractivity contribution is 5.69. The van der Waals surface area contributed by atoms with E-state index >= 15 is 0 Å². The number of hydrogen-bond donors (Lipinski definition) is 0. The monoisotopic (exact) mass is 694 g/mol. The molecule has 0 bridgehead atoms. The van der Waals surface area contributed by atoms with Gasteiger partial charge in [-0.15, -0.1) is 0 Å². The Bertz CT molecular complexity index is 1370. The van der Waals surface area contributed by atoms with Crippen molar-refractivity contribution in [2.75, 3.05) is 66.6 Å². The molecule has 0 spiro atoms. The van der Waals surface area contributed by atoms with E-state index in [2.05, 4.69) is 128 Å². The van der Waals surface area contributed by atoms with Crippen LogP contribution in [0, 0.1) is 11.8 Å². The van der Waals surface area contributed by atoms with Gasteiger partial charge < -0.3 is 24.2 Å². The van der Waals surface area contributed by atoms with Crippen LogP contribution < -0.4 is 9.47 Å². The quantitative estimate of drug-likeness (QED) is 0.124. The molecule has 0 amide bonds. The molecule has 2 heterocycles. The Morgan fingerprint density at radius 1 is 0.627 bits per heavy atom. The van der Waals surface area contributed by atoms with Crippen LogP contribution in [0.2, 0.25) is 0 Å². The van der Waals surface area contributed by atoms with Gasteiger partial charge in [-0.1, -0.05) is 87.0 Å². The molecule has 0 aromatic heterocycles. The van der Waals surface area contributed by atoms with Crippen LogP contribution in [0.5, 0.6) is 11.5 Å². The Morgan fingerprint density at radius 3 is 1.73 bits per heavy atom. The third-order valence-corrected chi connectivity index (χ3v) is 11.1. The number of ether oxygens (including phenoxy) is 2. The van der Waals surface area contributed by atoms with Crippen LogP contribution in [0.15, 0.2) is 78.9 Å². The van der Waals surface area contributed by atoms with Gasteiger partial charge in [0.05, 0.1) is 13.2 Å². The summed E-state index contributed by atoms with van der Waals surface area (Å²) < 4.78 is 11.9. The molecule has 51 heavy (non-hydrogen) atoms. The zero-order chi connectivity index (χ0) is 35.7. The molecule has 0 N–H and O–H groups in total. The lowest BCUT2D eigenvalue weighted by atomic mass is 9.81. The van der Waals surface area contributed by atoms with Gasteiger partial charge in [-0.05, 0) is 144 Å². The van der Waals surface area contributed by atoms with Crippen molar-refractivity contribution in [2.45, 2.75) is 90.0 Å². The molecule has 2 atom stereocenters. The fourth-order valence-corrected chi connectivity index (χ4v) is 8.31. The second-order valence-electron chi connectivity index (χ2n) is 15.9. The third kappa shape index (κ3) is 14.1. The fourth-order valence-electron chi connectivity index (χ4n) is 8.31. The van der Waals surface area contributed by atoms with Crippen molar-refractivity contribution in [3.63, 3.8) is 0 Å². The summed E-state index contributed by atoms with van der Waals surface area (Å²) in [6, 6.07) is 28.4. The third-order valence-electron chi connectivity index (χ3n) is 11.1. The minimum atomic E-state index is 0.735. The maximum atomic E-state index is 6.01. The lowest BCUT2D eigenvalue weighted by molar-refractivity contribution is 0.132. The van der Waals surface area contributed by atoms with Gasteiger partial charge in [0.25, 0.3) is 0 Å². The number of nitrogens with zero attached hydrogens (tertiary/aromatic N) is 3. The van der Waals surface area contributed by atoms with Crippen LogP contribution in [-0.2, 0) is 0 Å². The van der Waals surface area contributed by atoms with Gasteiger partial charge in [-0.3, -0.25) is 0 Å². The Hall–Kier alpha value is -3.12. The summed E-state index contributed by atoms with van der Waals surface area (Å²) in [6.07, 6.45) is 17.3. The lowest BCUT2D eigenvalue weighted by Crippen LogP contribution is -2.39. The first kappa shape index (κ1) is 39.1. The molecule has 3 aliphatic rings. The number of piperidine rings is 2. The summed E-state index contributed by atoms with van der Waals surface area (Å²) in [5, 5.41) is 0. The lowest BCUT2D eigenvalue weighted by Gasteiger charge is -2.34. The van der Waals surface area contributed by atoms with E-state index in [4.69, 9.17) is 9.47 Å². The molecule has 2 saturated heterocycles. The molecule has 6 rings (SSSR count). The largest absolute Gasteiger partial charge is 0.494 e. The minimum Gasteiger partial charge on any atom is -0.494 e. The number of likely N-dealkylation sites (tertiary alicyclic amines) is 2. The standard InChI is InChI=1S/C24H40N2O.C22H27NO/c1-19-16-20(2)18-26(17-19)14-5-15-27-24-12-8-22(9-13-24)21-6-10-23(11-7-21)25(3)4;1-3-8-20(9-4-1)10-11-21-12-14-22(15-13-21)24-19-7-18-23-16-5-2-6-17-23/h8-9,12-13,19-21,23H,5-7,10-11,14-18H2,1-4H3;1,3-4,8-15H,2,5-7,16-19H2/t19-,20-,21-,23-;/m0./s1. The van der Waals surface area contributed by atoms with Crippen molar-refractivity contribution in [1.82, 2.24) is 14.7 Å². The van der Waals surface area contributed by atoms with Gasteiger partial charge >= 0.3 is 0 Å². The second kappa shape index (κ2) is 21.4. The Labute approximate surface area is 311 Å². The predicted molar refractivity (Wildman–Crippen MR) is 217 cm³/mol. The van der Waals surface area contributed by atoms with Crippen LogP contribution in [0.3, 0.4) is 0 Å². The molecule has 1 aliphatic carbocycles. The van der Waals surface area contributed by atoms with Crippen molar-refractivity contribution in [2.24, 2.45) is 11.8 Å². The van der Waals surface area contributed by atoms with Gasteiger partial charge in [-0.2, -0.15) is 0 Å². The molecule has 5 nitrogen and oxygen atoms in total. The SMILES string of the molecule is C(=Cc1ccc(OCCCN2CCCCC2)cc1)c1ccccc1.C[C@H]1C[C@H](C)CN(CCCOc2ccc([C@H]3CC[C@H](N(C)C)CC3)cc2)C1.